The van der Waals surface area contributed by atoms with Gasteiger partial charge in [-0.25, -0.2) is 4.90 Å². The maximum Gasteiger partial charge on any atom is 0.241 e. The fraction of sp³-hybridized carbons (Fsp3) is 0.185. The van der Waals surface area contributed by atoms with Crippen LogP contribution in [0.3, 0.4) is 0 Å². The van der Waals surface area contributed by atoms with Gasteiger partial charge >= 0.3 is 0 Å². The van der Waals surface area contributed by atoms with Crippen molar-refractivity contribution in [3.63, 3.8) is 0 Å². The number of ether oxygens (including phenoxy) is 1. The van der Waals surface area contributed by atoms with Crippen LogP contribution in [0.5, 0.6) is 0 Å². The molecule has 0 aromatic heterocycles. The summed E-state index contributed by atoms with van der Waals surface area (Å²) in [5.41, 5.74) is 0.0172. The van der Waals surface area contributed by atoms with Crippen LogP contribution in [0.1, 0.15) is 37.9 Å². The highest BCUT2D eigenvalue weighted by Crippen LogP contribution is 2.58. The monoisotopic (exact) mass is 505 g/mol. The Morgan fingerprint density at radius 2 is 1.43 bits per heavy atom. The second-order valence-electron chi connectivity index (χ2n) is 9.00. The van der Waals surface area contributed by atoms with Gasteiger partial charge in [0.25, 0.3) is 0 Å². The largest absolute Gasteiger partial charge is 0.349 e. The molecule has 0 unspecified atom stereocenters. The lowest BCUT2D eigenvalue weighted by molar-refractivity contribution is -0.127. The van der Waals surface area contributed by atoms with Gasteiger partial charge in [-0.2, -0.15) is 0 Å². The lowest BCUT2D eigenvalue weighted by atomic mass is 9.77. The summed E-state index contributed by atoms with van der Waals surface area (Å²) >= 11 is 12.3. The van der Waals surface area contributed by atoms with Gasteiger partial charge in [0.05, 0.1) is 33.7 Å². The van der Waals surface area contributed by atoms with Gasteiger partial charge in [0.15, 0.2) is 0 Å². The number of benzene rings is 3. The van der Waals surface area contributed by atoms with E-state index in [9.17, 15) is 19.2 Å². The number of nitrogens with zero attached hydrogens (tertiary/aromatic N) is 1. The van der Waals surface area contributed by atoms with Gasteiger partial charge in [0.2, 0.25) is 29.0 Å². The van der Waals surface area contributed by atoms with Crippen LogP contribution in [0.15, 0.2) is 66.7 Å². The number of amides is 2. The van der Waals surface area contributed by atoms with Gasteiger partial charge in [0.1, 0.15) is 0 Å². The number of imide groups is 1. The Morgan fingerprint density at radius 3 is 2.03 bits per heavy atom. The first-order valence-corrected chi connectivity index (χ1v) is 11.8. The summed E-state index contributed by atoms with van der Waals surface area (Å²) in [6.45, 7) is 1.89. The molecule has 1 aliphatic carbocycles. The van der Waals surface area contributed by atoms with E-state index in [0.29, 0.717) is 16.3 Å². The first-order chi connectivity index (χ1) is 16.8. The normalized spacial score (nSPS) is 24.4. The van der Waals surface area contributed by atoms with Crippen LogP contribution in [-0.4, -0.2) is 29.0 Å². The number of fused-ring (bicyclic) bond motifs is 3. The van der Waals surface area contributed by atoms with E-state index in [0.717, 1.165) is 10.5 Å². The molecule has 0 N–H and O–H groups in total. The van der Waals surface area contributed by atoms with Crippen LogP contribution in [-0.2, 0) is 14.3 Å². The minimum absolute atomic E-state index is 0.181. The van der Waals surface area contributed by atoms with Crippen molar-refractivity contribution in [2.75, 3.05) is 4.90 Å². The third-order valence-corrected chi connectivity index (χ3v) is 7.82. The fourth-order valence-electron chi connectivity index (χ4n) is 5.46. The molecular weight excluding hydrogens is 489 g/mol. The van der Waals surface area contributed by atoms with Gasteiger partial charge in [-0.15, -0.1) is 0 Å². The molecule has 2 fully saturated rings. The van der Waals surface area contributed by atoms with Crippen LogP contribution in [0.25, 0.3) is 0 Å². The molecule has 1 spiro atoms. The van der Waals surface area contributed by atoms with E-state index >= 15 is 0 Å². The molecule has 0 radical (unpaired) electrons. The van der Waals surface area contributed by atoms with E-state index in [1.54, 1.807) is 48.5 Å². The number of anilines is 1. The van der Waals surface area contributed by atoms with Crippen LogP contribution in [0.4, 0.5) is 5.69 Å². The third kappa shape index (κ3) is 2.88. The van der Waals surface area contributed by atoms with Crippen molar-refractivity contribution in [1.82, 2.24) is 0 Å². The van der Waals surface area contributed by atoms with Gasteiger partial charge in [-0.1, -0.05) is 71.2 Å². The van der Waals surface area contributed by atoms with E-state index in [1.807, 2.05) is 6.92 Å². The molecule has 0 bridgehead atoms. The van der Waals surface area contributed by atoms with Crippen molar-refractivity contribution in [3.8, 4) is 0 Å². The predicted molar refractivity (Wildman–Crippen MR) is 129 cm³/mol. The Kier molecular flexibility index (Phi) is 4.81. The number of aryl methyl sites for hydroxylation is 1. The van der Waals surface area contributed by atoms with Crippen molar-refractivity contribution in [2.24, 2.45) is 11.8 Å². The van der Waals surface area contributed by atoms with E-state index in [-0.39, 0.29) is 16.1 Å². The maximum absolute atomic E-state index is 13.9. The Morgan fingerprint density at radius 1 is 0.800 bits per heavy atom. The molecule has 6 nitrogen and oxygen atoms in total. The highest BCUT2D eigenvalue weighted by Gasteiger charge is 2.74. The number of hydrogen-bond donors (Lipinski definition) is 0. The second-order valence-corrected chi connectivity index (χ2v) is 9.82. The fourth-order valence-corrected chi connectivity index (χ4v) is 5.76. The lowest BCUT2D eigenvalue weighted by Crippen LogP contribution is -2.51. The Balaban J connectivity index is 1.55. The highest BCUT2D eigenvalue weighted by atomic mass is 35.5. The molecule has 174 valence electrons. The zero-order valence-electron chi connectivity index (χ0n) is 18.3. The van der Waals surface area contributed by atoms with Crippen LogP contribution >= 0.6 is 23.2 Å². The van der Waals surface area contributed by atoms with Crippen LogP contribution < -0.4 is 4.90 Å². The number of Topliss-reactive ketones (excluding diaryl/α,β-unsaturated/α-hetero) is 2. The summed E-state index contributed by atoms with van der Waals surface area (Å²) in [5, 5.41) is 0.528. The quantitative estimate of drug-likeness (QED) is 0.361. The first kappa shape index (κ1) is 22.2. The van der Waals surface area contributed by atoms with Gasteiger partial charge < -0.3 is 4.74 Å². The van der Waals surface area contributed by atoms with Crippen molar-refractivity contribution in [3.05, 3.63) is 99.0 Å². The molecule has 2 heterocycles. The van der Waals surface area contributed by atoms with Crippen molar-refractivity contribution < 1.29 is 23.9 Å². The van der Waals surface area contributed by atoms with E-state index in [1.165, 1.54) is 18.2 Å². The number of hydrogen-bond acceptors (Lipinski definition) is 5. The zero-order valence-corrected chi connectivity index (χ0v) is 19.8. The summed E-state index contributed by atoms with van der Waals surface area (Å²) in [5.74, 6) is -4.80. The van der Waals surface area contributed by atoms with Gasteiger partial charge in [-0.3, -0.25) is 19.2 Å². The molecule has 6 rings (SSSR count). The molecule has 2 aliphatic heterocycles. The number of halogens is 2. The highest BCUT2D eigenvalue weighted by molar-refractivity contribution is 6.42. The molecule has 3 aromatic carbocycles. The average Bonchev–Trinajstić information content (AvgIpc) is 3.42. The smallest absolute Gasteiger partial charge is 0.241 e. The molecular formula is C27H17Cl2NO5. The van der Waals surface area contributed by atoms with E-state index < -0.39 is 46.9 Å². The van der Waals surface area contributed by atoms with Crippen molar-refractivity contribution in [2.45, 2.75) is 18.6 Å². The summed E-state index contributed by atoms with van der Waals surface area (Å²) < 4.78 is 6.24. The number of rotatable bonds is 2. The van der Waals surface area contributed by atoms with Crippen LogP contribution in [0, 0.1) is 18.8 Å². The SMILES string of the molecule is Cc1ccc(N2C(=O)[C@@H]3[C@H](c4ccc(Cl)c(Cl)c4)OC4(C(=O)c5ccccc5C4=O)[C@H]3C2=O)cc1. The topological polar surface area (TPSA) is 80.8 Å². The summed E-state index contributed by atoms with van der Waals surface area (Å²) in [6.07, 6.45) is -1.05. The predicted octanol–water partition coefficient (Wildman–Crippen LogP) is 5.00. The minimum Gasteiger partial charge on any atom is -0.349 e. The average molecular weight is 506 g/mol. The maximum atomic E-state index is 13.9. The third-order valence-electron chi connectivity index (χ3n) is 7.08. The summed E-state index contributed by atoms with van der Waals surface area (Å²) in [7, 11) is 0. The van der Waals surface area contributed by atoms with Crippen molar-refractivity contribution in [1.29, 1.82) is 0 Å². The molecule has 3 aromatic rings. The minimum atomic E-state index is -2.13. The number of ketones is 2. The summed E-state index contributed by atoms with van der Waals surface area (Å²) in [4.78, 5) is 56.2. The molecule has 3 aliphatic rings. The molecule has 3 atom stereocenters. The lowest BCUT2D eigenvalue weighted by Gasteiger charge is -2.27. The first-order valence-electron chi connectivity index (χ1n) is 11.0. The van der Waals surface area contributed by atoms with Gasteiger partial charge in [-0.05, 0) is 36.8 Å². The summed E-state index contributed by atoms with van der Waals surface area (Å²) in [6, 6.07) is 18.0. The molecule has 8 heteroatoms. The molecule has 2 saturated heterocycles. The second kappa shape index (κ2) is 7.59. The standard InChI is InChI=1S/C27H17Cl2NO5/c1-13-6-9-15(10-7-13)30-25(33)20-21(26(30)34)27(23(31)16-4-2-3-5-17(16)24(27)32)35-22(20)14-8-11-18(28)19(29)12-14/h2-12,20-22H,1H3/t20-,21+,22-/m0/s1. The Hall–Kier alpha value is -3.32. The molecule has 2 amide bonds. The molecule has 0 saturated carbocycles. The number of carbonyl (C=O) groups is 4. The van der Waals surface area contributed by atoms with Crippen LogP contribution in [0.2, 0.25) is 10.0 Å². The molecule has 35 heavy (non-hydrogen) atoms. The van der Waals surface area contributed by atoms with E-state index in [4.69, 9.17) is 27.9 Å². The number of carbonyl (C=O) groups excluding carboxylic acids is 4. The van der Waals surface area contributed by atoms with Gasteiger partial charge in [0, 0.05) is 11.1 Å². The van der Waals surface area contributed by atoms with E-state index in [2.05, 4.69) is 0 Å². The Labute approximate surface area is 210 Å². The van der Waals surface area contributed by atoms with Crippen molar-refractivity contribution >= 4 is 52.3 Å². The Bertz CT molecular complexity index is 1430. The zero-order chi connectivity index (χ0) is 24.6.